The second kappa shape index (κ2) is 11.0. The van der Waals surface area contributed by atoms with Crippen LogP contribution in [0.5, 0.6) is 0 Å². The second-order valence-corrected chi connectivity index (χ2v) is 10.5. The zero-order chi connectivity index (χ0) is 25.9. The Hall–Kier alpha value is -3.34. The molecule has 3 atom stereocenters. The predicted molar refractivity (Wildman–Crippen MR) is 143 cm³/mol. The third kappa shape index (κ3) is 5.98. The first-order valence-corrected chi connectivity index (χ1v) is 13.4. The highest BCUT2D eigenvalue weighted by atomic mass is 32.1. The van der Waals surface area contributed by atoms with E-state index >= 15 is 0 Å². The Labute approximate surface area is 220 Å². The summed E-state index contributed by atoms with van der Waals surface area (Å²) in [5.74, 6) is 0.483. The molecule has 194 valence electrons. The molecule has 3 aromatic rings. The molecule has 0 spiro atoms. The molecule has 5 rings (SSSR count). The minimum absolute atomic E-state index is 0.140. The molecule has 2 amide bonds. The number of nitrogens with one attached hydrogen (secondary N) is 2. The van der Waals surface area contributed by atoms with Crippen LogP contribution in [0, 0.1) is 0 Å². The number of hydrogen-bond donors (Lipinski definition) is 2. The van der Waals surface area contributed by atoms with Gasteiger partial charge in [0.05, 0.1) is 37.7 Å². The van der Waals surface area contributed by atoms with Crippen LogP contribution in [-0.4, -0.2) is 60.2 Å². The van der Waals surface area contributed by atoms with Crippen molar-refractivity contribution in [3.63, 3.8) is 0 Å². The highest BCUT2D eigenvalue weighted by molar-refractivity contribution is 7.14. The molecule has 0 radical (unpaired) electrons. The van der Waals surface area contributed by atoms with Crippen molar-refractivity contribution in [1.82, 2.24) is 15.3 Å². The number of hydrogen-bond acceptors (Lipinski definition) is 8. The summed E-state index contributed by atoms with van der Waals surface area (Å²) in [6.45, 7) is 8.82. The highest BCUT2D eigenvalue weighted by Gasteiger charge is 2.24. The lowest BCUT2D eigenvalue weighted by atomic mass is 9.92. The first-order valence-electron chi connectivity index (χ1n) is 12.5. The van der Waals surface area contributed by atoms with Crippen LogP contribution in [0.1, 0.15) is 48.2 Å². The van der Waals surface area contributed by atoms with E-state index in [0.29, 0.717) is 29.6 Å². The molecule has 4 heterocycles. The summed E-state index contributed by atoms with van der Waals surface area (Å²) >= 11 is 1.32. The standard InChI is InChI=1S/C27H31N5O4S/c1-16-13-35-14-20-8-7-19(9-21(16)20)26(34)28-10-25(33)31-27-30-23(15-37-27)22-5-4-6-24(29-22)32-11-17(2)36-18(3)12-32/h4-9,15-18H,10-14H2,1-3H3,(H,28,34)(H,30,31,33)/t16-,17-,18+/m1/s1. The van der Waals surface area contributed by atoms with E-state index in [1.54, 1.807) is 6.07 Å². The van der Waals surface area contributed by atoms with E-state index in [0.717, 1.165) is 35.7 Å². The van der Waals surface area contributed by atoms with Crippen LogP contribution in [-0.2, 0) is 20.9 Å². The number of carbonyl (C=O) groups is 2. The van der Waals surface area contributed by atoms with Crippen molar-refractivity contribution in [3.05, 3.63) is 58.5 Å². The van der Waals surface area contributed by atoms with Crippen molar-refractivity contribution >= 4 is 34.1 Å². The number of amides is 2. The lowest BCUT2D eigenvalue weighted by Gasteiger charge is -2.36. The van der Waals surface area contributed by atoms with Gasteiger partial charge in [-0.2, -0.15) is 0 Å². The van der Waals surface area contributed by atoms with Gasteiger partial charge in [0.1, 0.15) is 11.5 Å². The molecule has 10 heteroatoms. The van der Waals surface area contributed by atoms with Crippen LogP contribution in [0.3, 0.4) is 0 Å². The SMILES string of the molecule is C[C@@H]1CN(c2cccc(-c3csc(NC(=O)CNC(=O)c4ccc5c(c4)[C@H](C)COC5)n3)n2)C[C@H](C)O1. The number of thiazole rings is 1. The molecule has 2 aliphatic rings. The third-order valence-electron chi connectivity index (χ3n) is 6.46. The molecule has 0 saturated carbocycles. The topological polar surface area (TPSA) is 106 Å². The Morgan fingerprint density at radius 1 is 1.08 bits per heavy atom. The van der Waals surface area contributed by atoms with Gasteiger partial charge in [-0.3, -0.25) is 9.59 Å². The fraction of sp³-hybridized carbons (Fsp3) is 0.407. The largest absolute Gasteiger partial charge is 0.376 e. The van der Waals surface area contributed by atoms with Crippen molar-refractivity contribution in [2.45, 2.75) is 45.5 Å². The first kappa shape index (κ1) is 25.3. The Morgan fingerprint density at radius 2 is 1.89 bits per heavy atom. The van der Waals surface area contributed by atoms with Crippen molar-refractivity contribution in [2.75, 3.05) is 36.5 Å². The Morgan fingerprint density at radius 3 is 2.70 bits per heavy atom. The lowest BCUT2D eigenvalue weighted by Crippen LogP contribution is -2.45. The molecule has 2 N–H and O–H groups in total. The number of rotatable bonds is 6. The zero-order valence-electron chi connectivity index (χ0n) is 21.2. The molecular weight excluding hydrogens is 490 g/mol. The van der Waals surface area contributed by atoms with Crippen molar-refractivity contribution in [1.29, 1.82) is 0 Å². The van der Waals surface area contributed by atoms with Gasteiger partial charge in [-0.05, 0) is 49.2 Å². The summed E-state index contributed by atoms with van der Waals surface area (Å²) < 4.78 is 11.4. The van der Waals surface area contributed by atoms with Gasteiger partial charge in [0, 0.05) is 30.0 Å². The zero-order valence-corrected chi connectivity index (χ0v) is 22.0. The average molecular weight is 522 g/mol. The Balaban J connectivity index is 1.18. The molecule has 1 saturated heterocycles. The number of aromatic nitrogens is 2. The van der Waals surface area contributed by atoms with Gasteiger partial charge in [0.15, 0.2) is 5.13 Å². The van der Waals surface area contributed by atoms with Crippen LogP contribution in [0.2, 0.25) is 0 Å². The maximum atomic E-state index is 12.6. The molecule has 9 nitrogen and oxygen atoms in total. The fourth-order valence-electron chi connectivity index (χ4n) is 4.74. The van der Waals surface area contributed by atoms with Gasteiger partial charge < -0.3 is 25.0 Å². The molecule has 37 heavy (non-hydrogen) atoms. The number of nitrogens with zero attached hydrogens (tertiary/aromatic N) is 3. The number of carbonyl (C=O) groups excluding carboxylic acids is 2. The molecule has 0 aliphatic carbocycles. The minimum Gasteiger partial charge on any atom is -0.376 e. The highest BCUT2D eigenvalue weighted by Crippen LogP contribution is 2.28. The number of morpholine rings is 1. The van der Waals surface area contributed by atoms with Crippen LogP contribution in [0.25, 0.3) is 11.4 Å². The molecule has 2 aliphatic heterocycles. The molecule has 0 unspecified atom stereocenters. The normalized spacial score (nSPS) is 21.3. The van der Waals surface area contributed by atoms with E-state index in [4.69, 9.17) is 14.5 Å². The maximum Gasteiger partial charge on any atom is 0.251 e. The van der Waals surface area contributed by atoms with Gasteiger partial charge in [-0.1, -0.05) is 19.1 Å². The summed E-state index contributed by atoms with van der Waals surface area (Å²) in [7, 11) is 0. The average Bonchev–Trinajstić information content (AvgIpc) is 3.35. The summed E-state index contributed by atoms with van der Waals surface area (Å²) in [5.41, 5.74) is 4.18. The number of fused-ring (bicyclic) bond motifs is 1. The van der Waals surface area contributed by atoms with Crippen LogP contribution >= 0.6 is 11.3 Å². The van der Waals surface area contributed by atoms with Gasteiger partial charge in [0.25, 0.3) is 5.91 Å². The van der Waals surface area contributed by atoms with Crippen LogP contribution < -0.4 is 15.5 Å². The van der Waals surface area contributed by atoms with Crippen LogP contribution in [0.15, 0.2) is 41.8 Å². The van der Waals surface area contributed by atoms with E-state index in [9.17, 15) is 9.59 Å². The molecule has 2 aromatic heterocycles. The summed E-state index contributed by atoms with van der Waals surface area (Å²) in [6, 6.07) is 11.4. The second-order valence-electron chi connectivity index (χ2n) is 9.64. The van der Waals surface area contributed by atoms with Gasteiger partial charge in [-0.15, -0.1) is 11.3 Å². The number of benzene rings is 1. The minimum atomic E-state index is -0.341. The van der Waals surface area contributed by atoms with Crippen LogP contribution in [0.4, 0.5) is 10.9 Å². The smallest absolute Gasteiger partial charge is 0.251 e. The number of pyridine rings is 1. The first-order chi connectivity index (χ1) is 17.9. The molecule has 1 fully saturated rings. The fourth-order valence-corrected chi connectivity index (χ4v) is 5.46. The van der Waals surface area contributed by atoms with Crippen molar-refractivity contribution in [2.24, 2.45) is 0 Å². The van der Waals surface area contributed by atoms with Crippen molar-refractivity contribution in [3.8, 4) is 11.4 Å². The van der Waals surface area contributed by atoms with Gasteiger partial charge in [0.2, 0.25) is 5.91 Å². The lowest BCUT2D eigenvalue weighted by molar-refractivity contribution is -0.115. The van der Waals surface area contributed by atoms with E-state index in [-0.39, 0.29) is 36.5 Å². The van der Waals surface area contributed by atoms with Crippen molar-refractivity contribution < 1.29 is 19.1 Å². The quantitative estimate of drug-likeness (QED) is 0.508. The maximum absolute atomic E-state index is 12.6. The summed E-state index contributed by atoms with van der Waals surface area (Å²) in [6.07, 6.45) is 0.280. The number of anilines is 2. The molecular formula is C27H31N5O4S. The predicted octanol–water partition coefficient (Wildman–Crippen LogP) is 3.82. The summed E-state index contributed by atoms with van der Waals surface area (Å²) in [5, 5.41) is 7.78. The molecule has 1 aromatic carbocycles. The Bertz CT molecular complexity index is 1290. The molecule has 0 bridgehead atoms. The summed E-state index contributed by atoms with van der Waals surface area (Å²) in [4.78, 5) is 36.7. The van der Waals surface area contributed by atoms with E-state index in [1.165, 1.54) is 11.3 Å². The van der Waals surface area contributed by atoms with E-state index < -0.39 is 0 Å². The number of ether oxygens (including phenoxy) is 2. The monoisotopic (exact) mass is 521 g/mol. The Kier molecular flexibility index (Phi) is 7.50. The van der Waals surface area contributed by atoms with E-state index in [2.05, 4.69) is 41.3 Å². The van der Waals surface area contributed by atoms with Gasteiger partial charge in [-0.25, -0.2) is 9.97 Å². The van der Waals surface area contributed by atoms with E-state index in [1.807, 2.05) is 35.7 Å². The third-order valence-corrected chi connectivity index (χ3v) is 7.22. The van der Waals surface area contributed by atoms with Gasteiger partial charge >= 0.3 is 0 Å².